The van der Waals surface area contributed by atoms with Gasteiger partial charge in [-0.15, -0.1) is 0 Å². The lowest BCUT2D eigenvalue weighted by Gasteiger charge is -1.99. The molecular formula is C9H19BrOS. The van der Waals surface area contributed by atoms with Crippen molar-refractivity contribution in [3.8, 4) is 0 Å². The summed E-state index contributed by atoms with van der Waals surface area (Å²) in [7, 11) is -0.537. The maximum Gasteiger partial charge on any atom is 0.0234 e. The molecule has 0 aromatic heterocycles. The highest BCUT2D eigenvalue weighted by Gasteiger charge is 1.96. The molecule has 0 aromatic rings. The minimum Gasteiger partial charge on any atom is -0.260 e. The molecule has 0 spiro atoms. The van der Waals surface area contributed by atoms with Gasteiger partial charge in [0.1, 0.15) is 0 Å². The van der Waals surface area contributed by atoms with E-state index in [9.17, 15) is 4.21 Å². The van der Waals surface area contributed by atoms with Gasteiger partial charge in [-0.05, 0) is 19.3 Å². The van der Waals surface area contributed by atoms with Crippen molar-refractivity contribution in [3.05, 3.63) is 0 Å². The Morgan fingerprint density at radius 2 is 1.75 bits per heavy atom. The van der Waals surface area contributed by atoms with Crippen molar-refractivity contribution in [1.82, 2.24) is 0 Å². The molecular weight excluding hydrogens is 236 g/mol. The van der Waals surface area contributed by atoms with Crippen LogP contribution in [0.1, 0.15) is 39.0 Å². The summed E-state index contributed by atoms with van der Waals surface area (Å²) >= 11 is 3.40. The Morgan fingerprint density at radius 3 is 2.33 bits per heavy atom. The van der Waals surface area contributed by atoms with Crippen molar-refractivity contribution in [2.75, 3.05) is 16.8 Å². The van der Waals surface area contributed by atoms with E-state index in [0.717, 1.165) is 29.7 Å². The van der Waals surface area contributed by atoms with Gasteiger partial charge in [0.2, 0.25) is 0 Å². The summed E-state index contributed by atoms with van der Waals surface area (Å²) in [6.07, 6.45) is 5.95. The van der Waals surface area contributed by atoms with E-state index in [1.165, 1.54) is 19.3 Å². The smallest absolute Gasteiger partial charge is 0.0234 e. The van der Waals surface area contributed by atoms with Crippen LogP contribution in [0.4, 0.5) is 0 Å². The van der Waals surface area contributed by atoms with Gasteiger partial charge in [0.05, 0.1) is 0 Å². The minimum absolute atomic E-state index is 0.537. The Balaban J connectivity index is 3.03. The summed E-state index contributed by atoms with van der Waals surface area (Å²) in [4.78, 5) is 0. The van der Waals surface area contributed by atoms with Crippen molar-refractivity contribution in [3.63, 3.8) is 0 Å². The largest absolute Gasteiger partial charge is 0.260 e. The van der Waals surface area contributed by atoms with Crippen LogP contribution in [0, 0.1) is 0 Å². The van der Waals surface area contributed by atoms with Crippen LogP contribution in [-0.4, -0.2) is 21.0 Å². The van der Waals surface area contributed by atoms with E-state index in [1.807, 2.05) is 0 Å². The lowest BCUT2D eigenvalue weighted by Crippen LogP contribution is -2.01. The van der Waals surface area contributed by atoms with Crippen molar-refractivity contribution < 1.29 is 4.21 Å². The normalized spacial score (nSPS) is 13.2. The van der Waals surface area contributed by atoms with Crippen LogP contribution < -0.4 is 0 Å². The molecule has 0 aliphatic carbocycles. The SMILES string of the molecule is CCCS(=O)CCCCCCBr. The van der Waals surface area contributed by atoms with Gasteiger partial charge in [-0.1, -0.05) is 35.7 Å². The van der Waals surface area contributed by atoms with Crippen LogP contribution in [0.5, 0.6) is 0 Å². The number of alkyl halides is 1. The first-order valence-corrected chi connectivity index (χ1v) is 7.33. The Bertz CT molecular complexity index is 117. The van der Waals surface area contributed by atoms with Gasteiger partial charge in [-0.3, -0.25) is 4.21 Å². The molecule has 0 rings (SSSR count). The third kappa shape index (κ3) is 8.72. The zero-order valence-electron chi connectivity index (χ0n) is 7.85. The lowest BCUT2D eigenvalue weighted by atomic mass is 10.2. The molecule has 0 aliphatic rings. The fourth-order valence-corrected chi connectivity index (χ4v) is 2.62. The van der Waals surface area contributed by atoms with E-state index in [2.05, 4.69) is 22.9 Å². The highest BCUT2D eigenvalue weighted by Crippen LogP contribution is 2.03. The van der Waals surface area contributed by atoms with Gasteiger partial charge in [0.15, 0.2) is 0 Å². The van der Waals surface area contributed by atoms with Crippen molar-refractivity contribution in [2.45, 2.75) is 39.0 Å². The molecule has 74 valence electrons. The number of halogens is 1. The first kappa shape index (κ1) is 12.6. The first-order valence-electron chi connectivity index (χ1n) is 4.72. The molecule has 1 atom stereocenters. The maximum absolute atomic E-state index is 11.2. The summed E-state index contributed by atoms with van der Waals surface area (Å²) in [5, 5.41) is 1.10. The van der Waals surface area contributed by atoms with E-state index in [-0.39, 0.29) is 0 Å². The predicted octanol–water partition coefficient (Wildman–Crippen LogP) is 3.10. The standard InChI is InChI=1S/C9H19BrOS/c1-2-8-12(11)9-6-4-3-5-7-10/h2-9H2,1H3. The topological polar surface area (TPSA) is 17.1 Å². The molecule has 3 heteroatoms. The first-order chi connectivity index (χ1) is 5.81. The van der Waals surface area contributed by atoms with Gasteiger partial charge in [0, 0.05) is 27.6 Å². The predicted molar refractivity (Wildman–Crippen MR) is 60.4 cm³/mol. The second kappa shape index (κ2) is 9.72. The molecule has 0 saturated heterocycles. The molecule has 12 heavy (non-hydrogen) atoms. The molecule has 0 heterocycles. The molecule has 0 radical (unpaired) electrons. The van der Waals surface area contributed by atoms with Crippen LogP contribution >= 0.6 is 15.9 Å². The van der Waals surface area contributed by atoms with E-state index >= 15 is 0 Å². The molecule has 1 nitrogen and oxygen atoms in total. The lowest BCUT2D eigenvalue weighted by molar-refractivity contribution is 0.668. The molecule has 0 fully saturated rings. The Morgan fingerprint density at radius 1 is 1.08 bits per heavy atom. The van der Waals surface area contributed by atoms with Crippen LogP contribution in [0.3, 0.4) is 0 Å². The van der Waals surface area contributed by atoms with Crippen molar-refractivity contribution in [1.29, 1.82) is 0 Å². The van der Waals surface area contributed by atoms with Gasteiger partial charge in [0.25, 0.3) is 0 Å². The molecule has 1 unspecified atom stereocenters. The average Bonchev–Trinajstić information content (AvgIpc) is 2.05. The second-order valence-corrected chi connectivity index (χ2v) is 5.44. The van der Waals surface area contributed by atoms with Gasteiger partial charge in [-0.25, -0.2) is 0 Å². The van der Waals surface area contributed by atoms with E-state index in [1.54, 1.807) is 0 Å². The quantitative estimate of drug-likeness (QED) is 0.481. The second-order valence-electron chi connectivity index (χ2n) is 2.95. The van der Waals surface area contributed by atoms with E-state index in [0.29, 0.717) is 0 Å². The number of unbranched alkanes of at least 4 members (excludes halogenated alkanes) is 3. The highest BCUT2D eigenvalue weighted by molar-refractivity contribution is 9.09. The summed E-state index contributed by atoms with van der Waals surface area (Å²) in [6, 6.07) is 0. The minimum atomic E-state index is -0.537. The summed E-state index contributed by atoms with van der Waals surface area (Å²) in [6.45, 7) is 2.09. The number of hydrogen-bond acceptors (Lipinski definition) is 1. The molecule has 0 N–H and O–H groups in total. The maximum atomic E-state index is 11.2. The van der Waals surface area contributed by atoms with E-state index in [4.69, 9.17) is 0 Å². The van der Waals surface area contributed by atoms with Gasteiger partial charge < -0.3 is 0 Å². The molecule has 0 saturated carbocycles. The highest BCUT2D eigenvalue weighted by atomic mass is 79.9. The summed E-state index contributed by atoms with van der Waals surface area (Å²) in [5.74, 6) is 1.80. The van der Waals surface area contributed by atoms with Crippen LogP contribution in [0.15, 0.2) is 0 Å². The summed E-state index contributed by atoms with van der Waals surface area (Å²) in [5.41, 5.74) is 0. The van der Waals surface area contributed by atoms with Gasteiger partial charge >= 0.3 is 0 Å². The molecule has 0 aliphatic heterocycles. The fraction of sp³-hybridized carbons (Fsp3) is 1.00. The third-order valence-electron chi connectivity index (χ3n) is 1.69. The molecule has 0 amide bonds. The Kier molecular flexibility index (Phi) is 10.2. The van der Waals surface area contributed by atoms with E-state index < -0.39 is 10.8 Å². The Labute approximate surface area is 86.9 Å². The zero-order chi connectivity index (χ0) is 9.23. The summed E-state index contributed by atoms with van der Waals surface area (Å²) < 4.78 is 11.2. The monoisotopic (exact) mass is 254 g/mol. The van der Waals surface area contributed by atoms with Crippen molar-refractivity contribution >= 4 is 26.7 Å². The van der Waals surface area contributed by atoms with Gasteiger partial charge in [-0.2, -0.15) is 0 Å². The molecule has 0 bridgehead atoms. The third-order valence-corrected chi connectivity index (χ3v) is 3.86. The number of hydrogen-bond donors (Lipinski definition) is 0. The van der Waals surface area contributed by atoms with Crippen molar-refractivity contribution in [2.24, 2.45) is 0 Å². The van der Waals surface area contributed by atoms with Crippen LogP contribution in [0.2, 0.25) is 0 Å². The van der Waals surface area contributed by atoms with Crippen LogP contribution in [0.25, 0.3) is 0 Å². The molecule has 0 aromatic carbocycles. The average molecular weight is 255 g/mol. The van der Waals surface area contributed by atoms with Crippen LogP contribution in [-0.2, 0) is 10.8 Å². The fourth-order valence-electron chi connectivity index (χ4n) is 1.04. The Hall–Kier alpha value is 0.630. The number of rotatable bonds is 8. The zero-order valence-corrected chi connectivity index (χ0v) is 10.3.